The standard InChI is InChI=1S/C15H20N2O2/c1-9-6-11(4-5-14(9)18)15(19)17-7-12(10-2-3-10)13(16)8-17/h4-6,10,12-13,18H,2-3,7-8,16H2,1H3/t12-,13+/m0/s1. The van der Waals surface area contributed by atoms with Crippen LogP contribution in [0, 0.1) is 18.8 Å². The van der Waals surface area contributed by atoms with Crippen molar-refractivity contribution in [2.45, 2.75) is 25.8 Å². The first-order valence-corrected chi connectivity index (χ1v) is 6.90. The lowest BCUT2D eigenvalue weighted by Crippen LogP contribution is -2.32. The van der Waals surface area contributed by atoms with Crippen LogP contribution in [-0.2, 0) is 0 Å². The summed E-state index contributed by atoms with van der Waals surface area (Å²) in [6.45, 7) is 3.24. The van der Waals surface area contributed by atoms with Crippen LogP contribution in [0.15, 0.2) is 18.2 Å². The summed E-state index contributed by atoms with van der Waals surface area (Å²) < 4.78 is 0. The molecule has 0 radical (unpaired) electrons. The number of aryl methyl sites for hydroxylation is 1. The van der Waals surface area contributed by atoms with Crippen LogP contribution in [0.1, 0.15) is 28.8 Å². The van der Waals surface area contributed by atoms with Crippen molar-refractivity contribution in [3.05, 3.63) is 29.3 Å². The smallest absolute Gasteiger partial charge is 0.253 e. The third-order valence-corrected chi connectivity index (χ3v) is 4.37. The van der Waals surface area contributed by atoms with Gasteiger partial charge in [-0.25, -0.2) is 0 Å². The number of phenolic OH excluding ortho intramolecular Hbond substituents is 1. The number of phenols is 1. The molecular weight excluding hydrogens is 240 g/mol. The van der Waals surface area contributed by atoms with E-state index in [0.717, 1.165) is 18.0 Å². The van der Waals surface area contributed by atoms with E-state index < -0.39 is 0 Å². The summed E-state index contributed by atoms with van der Waals surface area (Å²) in [5.74, 6) is 1.46. The van der Waals surface area contributed by atoms with Crippen molar-refractivity contribution in [3.8, 4) is 5.75 Å². The Morgan fingerprint density at radius 1 is 1.37 bits per heavy atom. The van der Waals surface area contributed by atoms with E-state index in [-0.39, 0.29) is 17.7 Å². The van der Waals surface area contributed by atoms with Gasteiger partial charge in [0.25, 0.3) is 5.91 Å². The number of carbonyl (C=O) groups is 1. The minimum atomic E-state index is 0.0294. The zero-order valence-electron chi connectivity index (χ0n) is 11.2. The normalized spacial score (nSPS) is 26.7. The van der Waals surface area contributed by atoms with Crippen LogP contribution in [-0.4, -0.2) is 35.0 Å². The van der Waals surface area contributed by atoms with E-state index >= 15 is 0 Å². The summed E-state index contributed by atoms with van der Waals surface area (Å²) in [6, 6.07) is 5.13. The molecule has 2 fully saturated rings. The van der Waals surface area contributed by atoms with Gasteiger partial charge in [-0.3, -0.25) is 4.79 Å². The molecule has 3 rings (SSSR count). The monoisotopic (exact) mass is 260 g/mol. The molecule has 102 valence electrons. The minimum absolute atomic E-state index is 0.0294. The first-order valence-electron chi connectivity index (χ1n) is 6.90. The summed E-state index contributed by atoms with van der Waals surface area (Å²) in [4.78, 5) is 14.3. The molecular formula is C15H20N2O2. The number of hydrogen-bond donors (Lipinski definition) is 2. The number of nitrogens with zero attached hydrogens (tertiary/aromatic N) is 1. The molecule has 19 heavy (non-hydrogen) atoms. The van der Waals surface area contributed by atoms with E-state index in [0.29, 0.717) is 18.0 Å². The molecule has 2 atom stereocenters. The predicted molar refractivity (Wildman–Crippen MR) is 72.9 cm³/mol. The second-order valence-corrected chi connectivity index (χ2v) is 5.88. The van der Waals surface area contributed by atoms with Crippen LogP contribution in [0.5, 0.6) is 5.75 Å². The summed E-state index contributed by atoms with van der Waals surface area (Å²) in [5.41, 5.74) is 7.51. The Balaban J connectivity index is 1.75. The lowest BCUT2D eigenvalue weighted by molar-refractivity contribution is 0.0784. The second-order valence-electron chi connectivity index (χ2n) is 5.88. The Morgan fingerprint density at radius 3 is 2.74 bits per heavy atom. The molecule has 0 aromatic heterocycles. The molecule has 1 aliphatic carbocycles. The quantitative estimate of drug-likeness (QED) is 0.847. The number of hydrogen-bond acceptors (Lipinski definition) is 3. The highest BCUT2D eigenvalue weighted by molar-refractivity contribution is 5.94. The topological polar surface area (TPSA) is 66.6 Å². The lowest BCUT2D eigenvalue weighted by Gasteiger charge is -2.16. The number of rotatable bonds is 2. The maximum absolute atomic E-state index is 12.4. The van der Waals surface area contributed by atoms with Crippen molar-refractivity contribution >= 4 is 5.91 Å². The molecule has 2 aliphatic rings. The van der Waals surface area contributed by atoms with Gasteiger partial charge < -0.3 is 15.7 Å². The summed E-state index contributed by atoms with van der Waals surface area (Å²) in [7, 11) is 0. The molecule has 0 bridgehead atoms. The molecule has 0 spiro atoms. The Bertz CT molecular complexity index is 511. The lowest BCUT2D eigenvalue weighted by atomic mass is 9.99. The molecule has 1 aromatic carbocycles. The van der Waals surface area contributed by atoms with Gasteiger partial charge in [-0.05, 0) is 55.4 Å². The van der Waals surface area contributed by atoms with Crippen molar-refractivity contribution in [3.63, 3.8) is 0 Å². The number of benzene rings is 1. The van der Waals surface area contributed by atoms with Crippen LogP contribution in [0.3, 0.4) is 0 Å². The van der Waals surface area contributed by atoms with Gasteiger partial charge in [-0.1, -0.05) is 0 Å². The Labute approximate surface area is 113 Å². The zero-order valence-corrected chi connectivity index (χ0v) is 11.2. The van der Waals surface area contributed by atoms with E-state index in [4.69, 9.17) is 5.73 Å². The molecule has 4 heteroatoms. The van der Waals surface area contributed by atoms with Gasteiger partial charge in [0, 0.05) is 24.7 Å². The first kappa shape index (κ1) is 12.5. The third kappa shape index (κ3) is 2.32. The molecule has 1 aromatic rings. The Kier molecular flexibility index (Phi) is 2.97. The van der Waals surface area contributed by atoms with Gasteiger partial charge in [-0.2, -0.15) is 0 Å². The Hall–Kier alpha value is -1.55. The molecule has 1 heterocycles. The number of carbonyl (C=O) groups excluding carboxylic acids is 1. The fraction of sp³-hybridized carbons (Fsp3) is 0.533. The number of aromatic hydroxyl groups is 1. The van der Waals surface area contributed by atoms with E-state index in [9.17, 15) is 9.90 Å². The van der Waals surface area contributed by atoms with Gasteiger partial charge >= 0.3 is 0 Å². The molecule has 4 nitrogen and oxygen atoms in total. The van der Waals surface area contributed by atoms with Gasteiger partial charge in [0.05, 0.1) is 0 Å². The predicted octanol–water partition coefficient (Wildman–Crippen LogP) is 1.51. The van der Waals surface area contributed by atoms with Crippen LogP contribution in [0.25, 0.3) is 0 Å². The van der Waals surface area contributed by atoms with Crippen molar-refractivity contribution < 1.29 is 9.90 Å². The first-order chi connectivity index (χ1) is 9.06. The van der Waals surface area contributed by atoms with Gasteiger partial charge in [0.2, 0.25) is 0 Å². The molecule has 1 saturated heterocycles. The highest BCUT2D eigenvalue weighted by Crippen LogP contribution is 2.41. The highest BCUT2D eigenvalue weighted by Gasteiger charge is 2.42. The second kappa shape index (κ2) is 4.53. The van der Waals surface area contributed by atoms with Crippen molar-refractivity contribution in [1.82, 2.24) is 4.90 Å². The fourth-order valence-corrected chi connectivity index (χ4v) is 3.01. The Morgan fingerprint density at radius 2 is 2.11 bits per heavy atom. The van der Waals surface area contributed by atoms with Crippen LogP contribution >= 0.6 is 0 Å². The minimum Gasteiger partial charge on any atom is -0.508 e. The molecule has 0 unspecified atom stereocenters. The van der Waals surface area contributed by atoms with E-state index in [1.54, 1.807) is 25.1 Å². The van der Waals surface area contributed by atoms with Crippen molar-refractivity contribution in [1.29, 1.82) is 0 Å². The van der Waals surface area contributed by atoms with Crippen LogP contribution < -0.4 is 5.73 Å². The molecule has 3 N–H and O–H groups in total. The van der Waals surface area contributed by atoms with Gasteiger partial charge in [0.1, 0.15) is 5.75 Å². The average molecular weight is 260 g/mol. The summed E-state index contributed by atoms with van der Waals surface area (Å²) >= 11 is 0. The van der Waals surface area contributed by atoms with Crippen LogP contribution in [0.2, 0.25) is 0 Å². The molecule has 1 amide bonds. The summed E-state index contributed by atoms with van der Waals surface area (Å²) in [6.07, 6.45) is 2.53. The maximum Gasteiger partial charge on any atom is 0.253 e. The SMILES string of the molecule is Cc1cc(C(=O)N2C[C@@H](N)[C@H](C3CC3)C2)ccc1O. The number of likely N-dealkylation sites (tertiary alicyclic amines) is 1. The van der Waals surface area contributed by atoms with E-state index in [1.807, 2.05) is 4.90 Å². The fourth-order valence-electron chi connectivity index (χ4n) is 3.01. The highest BCUT2D eigenvalue weighted by atomic mass is 16.3. The van der Waals surface area contributed by atoms with Crippen molar-refractivity contribution in [2.24, 2.45) is 17.6 Å². The van der Waals surface area contributed by atoms with E-state index in [2.05, 4.69) is 0 Å². The third-order valence-electron chi connectivity index (χ3n) is 4.37. The van der Waals surface area contributed by atoms with Crippen LogP contribution in [0.4, 0.5) is 0 Å². The summed E-state index contributed by atoms with van der Waals surface area (Å²) in [5, 5.41) is 9.51. The van der Waals surface area contributed by atoms with Gasteiger partial charge in [0.15, 0.2) is 0 Å². The number of amides is 1. The molecule has 1 aliphatic heterocycles. The van der Waals surface area contributed by atoms with Crippen molar-refractivity contribution in [2.75, 3.05) is 13.1 Å². The average Bonchev–Trinajstić information content (AvgIpc) is 3.15. The molecule has 1 saturated carbocycles. The van der Waals surface area contributed by atoms with E-state index in [1.165, 1.54) is 12.8 Å². The zero-order chi connectivity index (χ0) is 13.6. The largest absolute Gasteiger partial charge is 0.508 e. The van der Waals surface area contributed by atoms with Gasteiger partial charge in [-0.15, -0.1) is 0 Å². The maximum atomic E-state index is 12.4. The number of nitrogens with two attached hydrogens (primary N) is 1.